The fourth-order valence-corrected chi connectivity index (χ4v) is 1.47. The molecule has 6 nitrogen and oxygen atoms in total. The van der Waals surface area contributed by atoms with Crippen LogP contribution in [0.5, 0.6) is 5.75 Å². The Morgan fingerprint density at radius 1 is 1.29 bits per heavy atom. The lowest BCUT2D eigenvalue weighted by Gasteiger charge is -2.02. The van der Waals surface area contributed by atoms with E-state index in [9.17, 15) is 4.39 Å². The number of rotatable bonds is 8. The monoisotopic (exact) mass is 317 g/mol. The van der Waals surface area contributed by atoms with Gasteiger partial charge in [0.15, 0.2) is 6.61 Å². The lowest BCUT2D eigenvalue weighted by molar-refractivity contribution is 0.197. The van der Waals surface area contributed by atoms with Gasteiger partial charge in [-0.1, -0.05) is 5.16 Å². The SMILES string of the molecule is COCCNCc1nc(COc2ccc(F)cc2)no1.Cl. The fraction of sp³-hybridized carbons (Fsp3) is 0.385. The molecule has 0 saturated carbocycles. The molecule has 8 heteroatoms. The number of ether oxygens (including phenoxy) is 2. The van der Waals surface area contributed by atoms with E-state index < -0.39 is 0 Å². The lowest BCUT2D eigenvalue weighted by Crippen LogP contribution is -2.18. The van der Waals surface area contributed by atoms with Crippen molar-refractivity contribution in [3.8, 4) is 5.75 Å². The van der Waals surface area contributed by atoms with Crippen LogP contribution in [0.4, 0.5) is 4.39 Å². The van der Waals surface area contributed by atoms with E-state index in [1.165, 1.54) is 12.1 Å². The Morgan fingerprint density at radius 3 is 2.76 bits per heavy atom. The van der Waals surface area contributed by atoms with Crippen molar-refractivity contribution in [1.29, 1.82) is 0 Å². The Bertz CT molecular complexity index is 522. The van der Waals surface area contributed by atoms with Gasteiger partial charge >= 0.3 is 0 Å². The van der Waals surface area contributed by atoms with Crippen molar-refractivity contribution in [2.45, 2.75) is 13.2 Å². The first-order chi connectivity index (χ1) is 9.78. The number of halogens is 2. The van der Waals surface area contributed by atoms with Crippen LogP contribution in [0.3, 0.4) is 0 Å². The van der Waals surface area contributed by atoms with E-state index in [-0.39, 0.29) is 24.8 Å². The first-order valence-electron chi connectivity index (χ1n) is 6.17. The van der Waals surface area contributed by atoms with Crippen molar-refractivity contribution in [3.63, 3.8) is 0 Å². The van der Waals surface area contributed by atoms with Crippen LogP contribution in [0.25, 0.3) is 0 Å². The van der Waals surface area contributed by atoms with E-state index in [4.69, 9.17) is 14.0 Å². The molecule has 0 atom stereocenters. The number of benzene rings is 1. The van der Waals surface area contributed by atoms with E-state index in [1.54, 1.807) is 19.2 Å². The molecule has 2 rings (SSSR count). The van der Waals surface area contributed by atoms with Crippen LogP contribution in [0.2, 0.25) is 0 Å². The van der Waals surface area contributed by atoms with Gasteiger partial charge in [-0.05, 0) is 24.3 Å². The van der Waals surface area contributed by atoms with Crippen molar-refractivity contribution in [2.75, 3.05) is 20.3 Å². The zero-order valence-corrected chi connectivity index (χ0v) is 12.4. The van der Waals surface area contributed by atoms with Gasteiger partial charge in [0.2, 0.25) is 11.7 Å². The number of hydrogen-bond acceptors (Lipinski definition) is 6. The molecule has 0 saturated heterocycles. The quantitative estimate of drug-likeness (QED) is 0.750. The van der Waals surface area contributed by atoms with E-state index in [0.717, 1.165) is 0 Å². The minimum atomic E-state index is -0.304. The highest BCUT2D eigenvalue weighted by Gasteiger charge is 2.06. The van der Waals surface area contributed by atoms with Crippen molar-refractivity contribution in [3.05, 3.63) is 41.8 Å². The maximum atomic E-state index is 12.7. The largest absolute Gasteiger partial charge is 0.485 e. The molecular weight excluding hydrogens is 301 g/mol. The fourth-order valence-electron chi connectivity index (χ4n) is 1.47. The maximum Gasteiger partial charge on any atom is 0.240 e. The number of methoxy groups -OCH3 is 1. The predicted octanol–water partition coefficient (Wildman–Crippen LogP) is 1.95. The first-order valence-corrected chi connectivity index (χ1v) is 6.17. The Hall–Kier alpha value is -1.70. The summed E-state index contributed by atoms with van der Waals surface area (Å²) in [5.74, 6) is 1.17. The molecule has 116 valence electrons. The van der Waals surface area contributed by atoms with Crippen LogP contribution in [0, 0.1) is 5.82 Å². The Morgan fingerprint density at radius 2 is 2.05 bits per heavy atom. The lowest BCUT2D eigenvalue weighted by atomic mass is 10.3. The maximum absolute atomic E-state index is 12.7. The zero-order valence-electron chi connectivity index (χ0n) is 11.5. The Labute approximate surface area is 128 Å². The van der Waals surface area contributed by atoms with Crippen LogP contribution in [0.1, 0.15) is 11.7 Å². The van der Waals surface area contributed by atoms with Crippen LogP contribution in [-0.4, -0.2) is 30.4 Å². The molecule has 0 bridgehead atoms. The second-order valence-corrected chi connectivity index (χ2v) is 4.02. The highest BCUT2D eigenvalue weighted by atomic mass is 35.5. The molecule has 1 N–H and O–H groups in total. The molecule has 0 radical (unpaired) electrons. The molecular formula is C13H17ClFN3O3. The summed E-state index contributed by atoms with van der Waals surface area (Å²) >= 11 is 0. The molecule has 1 heterocycles. The number of aromatic nitrogens is 2. The van der Waals surface area contributed by atoms with Crippen molar-refractivity contribution >= 4 is 12.4 Å². The molecule has 21 heavy (non-hydrogen) atoms. The minimum Gasteiger partial charge on any atom is -0.485 e. The Kier molecular flexibility index (Phi) is 7.66. The van der Waals surface area contributed by atoms with Gasteiger partial charge in [0.1, 0.15) is 11.6 Å². The Balaban J connectivity index is 0.00000220. The summed E-state index contributed by atoms with van der Waals surface area (Å²) in [5.41, 5.74) is 0. The summed E-state index contributed by atoms with van der Waals surface area (Å²) in [6.45, 7) is 1.98. The third-order valence-electron chi connectivity index (χ3n) is 2.45. The third-order valence-corrected chi connectivity index (χ3v) is 2.45. The molecule has 0 unspecified atom stereocenters. The van der Waals surface area contributed by atoms with Crippen molar-refractivity contribution in [2.24, 2.45) is 0 Å². The topological polar surface area (TPSA) is 69.4 Å². The van der Waals surface area contributed by atoms with E-state index in [0.29, 0.717) is 37.2 Å². The molecule has 2 aromatic rings. The summed E-state index contributed by atoms with van der Waals surface area (Å²) in [4.78, 5) is 4.16. The van der Waals surface area contributed by atoms with E-state index in [2.05, 4.69) is 15.5 Å². The van der Waals surface area contributed by atoms with Gasteiger partial charge in [-0.2, -0.15) is 4.98 Å². The van der Waals surface area contributed by atoms with Gasteiger partial charge in [-0.3, -0.25) is 0 Å². The van der Waals surface area contributed by atoms with Crippen molar-refractivity contribution < 1.29 is 18.4 Å². The molecule has 0 aliphatic rings. The van der Waals surface area contributed by atoms with Gasteiger partial charge < -0.3 is 19.3 Å². The summed E-state index contributed by atoms with van der Waals surface area (Å²) in [7, 11) is 1.64. The van der Waals surface area contributed by atoms with Gasteiger partial charge in [0.05, 0.1) is 13.2 Å². The second-order valence-electron chi connectivity index (χ2n) is 4.02. The summed E-state index contributed by atoms with van der Waals surface area (Å²) in [5, 5.41) is 6.88. The number of hydrogen-bond donors (Lipinski definition) is 1. The number of nitrogens with one attached hydrogen (secondary N) is 1. The third kappa shape index (κ3) is 6.07. The van der Waals surface area contributed by atoms with Gasteiger partial charge in [-0.25, -0.2) is 4.39 Å². The highest BCUT2D eigenvalue weighted by molar-refractivity contribution is 5.85. The summed E-state index contributed by atoms with van der Waals surface area (Å²) in [6, 6.07) is 5.75. The standard InChI is InChI=1S/C13H16FN3O3.ClH/c1-18-7-6-15-8-13-16-12(17-20-13)9-19-11-4-2-10(14)3-5-11;/h2-5,15H,6-9H2,1H3;1H. The first kappa shape index (κ1) is 17.4. The molecule has 1 aromatic carbocycles. The zero-order chi connectivity index (χ0) is 14.2. The molecule has 0 fully saturated rings. The van der Waals surface area contributed by atoms with Crippen LogP contribution >= 0.6 is 12.4 Å². The van der Waals surface area contributed by atoms with E-state index in [1.807, 2.05) is 0 Å². The molecule has 1 aromatic heterocycles. The minimum absolute atomic E-state index is 0. The predicted molar refractivity (Wildman–Crippen MR) is 75.9 cm³/mol. The summed E-state index contributed by atoms with van der Waals surface area (Å²) in [6.07, 6.45) is 0. The van der Waals surface area contributed by atoms with Crippen LogP contribution in [0.15, 0.2) is 28.8 Å². The van der Waals surface area contributed by atoms with Crippen LogP contribution < -0.4 is 10.1 Å². The van der Waals surface area contributed by atoms with Gasteiger partial charge in [0.25, 0.3) is 0 Å². The molecule has 0 spiro atoms. The molecule has 0 aliphatic carbocycles. The molecule has 0 amide bonds. The number of nitrogens with zero attached hydrogens (tertiary/aromatic N) is 2. The summed E-state index contributed by atoms with van der Waals surface area (Å²) < 4.78 is 28.1. The van der Waals surface area contributed by atoms with Crippen molar-refractivity contribution in [1.82, 2.24) is 15.5 Å². The van der Waals surface area contributed by atoms with Crippen LogP contribution in [-0.2, 0) is 17.9 Å². The average Bonchev–Trinajstić information content (AvgIpc) is 2.91. The van der Waals surface area contributed by atoms with Gasteiger partial charge in [-0.15, -0.1) is 12.4 Å². The van der Waals surface area contributed by atoms with E-state index >= 15 is 0 Å². The highest BCUT2D eigenvalue weighted by Crippen LogP contribution is 2.12. The smallest absolute Gasteiger partial charge is 0.240 e. The van der Waals surface area contributed by atoms with Gasteiger partial charge in [0, 0.05) is 13.7 Å². The average molecular weight is 318 g/mol. The normalized spacial score (nSPS) is 10.2. The second kappa shape index (κ2) is 9.28. The molecule has 0 aliphatic heterocycles.